The van der Waals surface area contributed by atoms with E-state index in [1.807, 2.05) is 43.3 Å². The van der Waals surface area contributed by atoms with Crippen molar-refractivity contribution < 1.29 is 14.7 Å². The van der Waals surface area contributed by atoms with E-state index < -0.39 is 6.09 Å². The first kappa shape index (κ1) is 15.1. The Morgan fingerprint density at radius 1 is 1.13 bits per heavy atom. The van der Waals surface area contributed by atoms with Crippen LogP contribution in [0.2, 0.25) is 0 Å². The molecule has 0 fully saturated rings. The summed E-state index contributed by atoms with van der Waals surface area (Å²) in [7, 11) is 0. The molecule has 0 radical (unpaired) electrons. The summed E-state index contributed by atoms with van der Waals surface area (Å²) in [4.78, 5) is 23.8. The van der Waals surface area contributed by atoms with E-state index in [0.29, 0.717) is 12.2 Å². The van der Waals surface area contributed by atoms with Gasteiger partial charge in [0.25, 0.3) is 0 Å². The minimum atomic E-state index is -0.948. The lowest BCUT2D eigenvalue weighted by Crippen LogP contribution is -2.28. The molecule has 0 heterocycles. The van der Waals surface area contributed by atoms with E-state index in [2.05, 4.69) is 5.32 Å². The van der Waals surface area contributed by atoms with Crippen molar-refractivity contribution in [2.45, 2.75) is 20.3 Å². The van der Waals surface area contributed by atoms with Gasteiger partial charge in [0.2, 0.25) is 5.91 Å². The highest BCUT2D eigenvalue weighted by Crippen LogP contribution is 2.39. The van der Waals surface area contributed by atoms with E-state index in [1.165, 1.54) is 11.8 Å². The van der Waals surface area contributed by atoms with E-state index in [-0.39, 0.29) is 5.91 Å². The third kappa shape index (κ3) is 2.77. The Kier molecular flexibility index (Phi) is 3.78. The molecule has 0 saturated heterocycles. The molecule has 5 nitrogen and oxygen atoms in total. The Bertz CT molecular complexity index is 799. The summed E-state index contributed by atoms with van der Waals surface area (Å²) in [6.45, 7) is 3.71. The van der Waals surface area contributed by atoms with Crippen LogP contribution in [0.5, 0.6) is 0 Å². The highest BCUT2D eigenvalue weighted by molar-refractivity contribution is 5.91. The number of carbonyl (C=O) groups excluding carboxylic acids is 1. The number of fused-ring (bicyclic) bond motifs is 3. The molecule has 0 aliphatic heterocycles. The fourth-order valence-electron chi connectivity index (χ4n) is 3.07. The Labute approximate surface area is 134 Å². The van der Waals surface area contributed by atoms with Crippen LogP contribution >= 0.6 is 0 Å². The topological polar surface area (TPSA) is 69.6 Å². The van der Waals surface area contributed by atoms with Gasteiger partial charge in [-0.25, -0.2) is 4.79 Å². The normalized spacial score (nSPS) is 11.6. The summed E-state index contributed by atoms with van der Waals surface area (Å²) >= 11 is 0. The first-order valence-corrected chi connectivity index (χ1v) is 7.54. The molecule has 3 rings (SSSR count). The maximum Gasteiger partial charge on any atom is 0.411 e. The third-order valence-corrected chi connectivity index (χ3v) is 4.04. The van der Waals surface area contributed by atoms with Crippen LogP contribution in [0.4, 0.5) is 16.2 Å². The van der Waals surface area contributed by atoms with E-state index in [9.17, 15) is 14.7 Å². The van der Waals surface area contributed by atoms with Gasteiger partial charge in [-0.05, 0) is 59.9 Å². The zero-order valence-corrected chi connectivity index (χ0v) is 13.1. The van der Waals surface area contributed by atoms with Gasteiger partial charge in [0.1, 0.15) is 0 Å². The highest BCUT2D eigenvalue weighted by atomic mass is 16.4. The SMILES string of the molecule is CCN(C(=O)O)c1ccc2c(c1)Cc1cc(NC(C)=O)ccc1-2. The first-order chi connectivity index (χ1) is 11.0. The second kappa shape index (κ2) is 5.76. The minimum absolute atomic E-state index is 0.0946. The molecule has 0 atom stereocenters. The lowest BCUT2D eigenvalue weighted by molar-refractivity contribution is -0.114. The number of hydrogen-bond donors (Lipinski definition) is 2. The monoisotopic (exact) mass is 310 g/mol. The molecule has 118 valence electrons. The molecule has 0 aromatic heterocycles. The number of carboxylic acid groups (broad SMARTS) is 1. The van der Waals surface area contributed by atoms with Crippen LogP contribution in [0.3, 0.4) is 0 Å². The number of amides is 2. The molecule has 0 spiro atoms. The number of nitrogens with one attached hydrogen (secondary N) is 1. The molecule has 2 aromatic carbocycles. The number of carbonyl (C=O) groups is 2. The summed E-state index contributed by atoms with van der Waals surface area (Å²) < 4.78 is 0. The molecule has 1 aliphatic rings. The van der Waals surface area contributed by atoms with E-state index in [4.69, 9.17) is 0 Å². The number of rotatable bonds is 3. The van der Waals surface area contributed by atoms with Crippen molar-refractivity contribution in [3.63, 3.8) is 0 Å². The average Bonchev–Trinajstić information content (AvgIpc) is 2.83. The van der Waals surface area contributed by atoms with Gasteiger partial charge in [-0.2, -0.15) is 0 Å². The molecule has 2 amide bonds. The summed E-state index contributed by atoms with van der Waals surface area (Å²) in [6, 6.07) is 11.6. The van der Waals surface area contributed by atoms with Gasteiger partial charge < -0.3 is 10.4 Å². The van der Waals surface area contributed by atoms with E-state index in [0.717, 1.165) is 34.4 Å². The standard InChI is InChI=1S/C18H18N2O3/c1-3-20(18(22)23)15-5-7-17-13(10-15)8-12-9-14(19-11(2)21)4-6-16(12)17/h4-7,9-10H,3,8H2,1-2H3,(H,19,21)(H,22,23). The highest BCUT2D eigenvalue weighted by Gasteiger charge is 2.21. The van der Waals surface area contributed by atoms with Crippen molar-refractivity contribution in [1.29, 1.82) is 0 Å². The van der Waals surface area contributed by atoms with Crippen LogP contribution in [0.25, 0.3) is 11.1 Å². The molecule has 0 unspecified atom stereocenters. The zero-order valence-electron chi connectivity index (χ0n) is 13.1. The molecule has 0 saturated carbocycles. The summed E-state index contributed by atoms with van der Waals surface area (Å²) in [5.74, 6) is -0.0946. The second-order valence-corrected chi connectivity index (χ2v) is 5.60. The van der Waals surface area contributed by atoms with Crippen LogP contribution in [0.15, 0.2) is 36.4 Å². The number of benzene rings is 2. The summed E-state index contributed by atoms with van der Waals surface area (Å²) in [5, 5.41) is 12.0. The number of hydrogen-bond acceptors (Lipinski definition) is 2. The zero-order chi connectivity index (χ0) is 16.6. The summed E-state index contributed by atoms with van der Waals surface area (Å²) in [6.07, 6.45) is -0.209. The molecule has 23 heavy (non-hydrogen) atoms. The second-order valence-electron chi connectivity index (χ2n) is 5.60. The van der Waals surface area contributed by atoms with Crippen molar-refractivity contribution in [1.82, 2.24) is 0 Å². The van der Waals surface area contributed by atoms with Gasteiger partial charge in [-0.1, -0.05) is 12.1 Å². The third-order valence-electron chi connectivity index (χ3n) is 4.04. The molecule has 2 aromatic rings. The van der Waals surface area contributed by atoms with Gasteiger partial charge >= 0.3 is 6.09 Å². The van der Waals surface area contributed by atoms with Gasteiger partial charge in [0, 0.05) is 24.8 Å². The van der Waals surface area contributed by atoms with Gasteiger partial charge in [-0.3, -0.25) is 9.69 Å². The van der Waals surface area contributed by atoms with Gasteiger partial charge in [0.15, 0.2) is 0 Å². The Balaban J connectivity index is 1.95. The molecular formula is C18H18N2O3. The Morgan fingerprint density at radius 3 is 2.39 bits per heavy atom. The predicted molar refractivity (Wildman–Crippen MR) is 90.0 cm³/mol. The van der Waals surface area contributed by atoms with Crippen molar-refractivity contribution in [2.24, 2.45) is 0 Å². The van der Waals surface area contributed by atoms with Crippen LogP contribution < -0.4 is 10.2 Å². The maximum absolute atomic E-state index is 11.3. The van der Waals surface area contributed by atoms with Crippen LogP contribution in [0.1, 0.15) is 25.0 Å². The van der Waals surface area contributed by atoms with E-state index in [1.54, 1.807) is 0 Å². The van der Waals surface area contributed by atoms with Gasteiger partial charge in [0.05, 0.1) is 0 Å². The number of anilines is 2. The van der Waals surface area contributed by atoms with Crippen LogP contribution in [0, 0.1) is 0 Å². The van der Waals surface area contributed by atoms with Crippen LogP contribution in [-0.2, 0) is 11.2 Å². The smallest absolute Gasteiger partial charge is 0.411 e. The Morgan fingerprint density at radius 2 is 1.78 bits per heavy atom. The number of nitrogens with zero attached hydrogens (tertiary/aromatic N) is 1. The molecule has 0 bridgehead atoms. The van der Waals surface area contributed by atoms with Crippen LogP contribution in [-0.4, -0.2) is 23.7 Å². The minimum Gasteiger partial charge on any atom is -0.465 e. The summed E-state index contributed by atoms with van der Waals surface area (Å²) in [5.41, 5.74) is 5.98. The average molecular weight is 310 g/mol. The first-order valence-electron chi connectivity index (χ1n) is 7.54. The predicted octanol–water partition coefficient (Wildman–Crippen LogP) is 3.72. The fraction of sp³-hybridized carbons (Fsp3) is 0.222. The lowest BCUT2D eigenvalue weighted by Gasteiger charge is -2.18. The quantitative estimate of drug-likeness (QED) is 0.774. The van der Waals surface area contributed by atoms with Crippen molar-refractivity contribution in [3.05, 3.63) is 47.5 Å². The van der Waals surface area contributed by atoms with Crippen molar-refractivity contribution >= 4 is 23.4 Å². The van der Waals surface area contributed by atoms with E-state index >= 15 is 0 Å². The molecule has 1 aliphatic carbocycles. The molecule has 2 N–H and O–H groups in total. The molecular weight excluding hydrogens is 292 g/mol. The maximum atomic E-state index is 11.3. The lowest BCUT2D eigenvalue weighted by atomic mass is 10.0. The fourth-order valence-corrected chi connectivity index (χ4v) is 3.07. The van der Waals surface area contributed by atoms with Gasteiger partial charge in [-0.15, -0.1) is 0 Å². The van der Waals surface area contributed by atoms with Crippen molar-refractivity contribution in [3.8, 4) is 11.1 Å². The largest absolute Gasteiger partial charge is 0.465 e. The molecule has 5 heteroatoms. The van der Waals surface area contributed by atoms with Crippen molar-refractivity contribution in [2.75, 3.05) is 16.8 Å². The Hall–Kier alpha value is -2.82.